The lowest BCUT2D eigenvalue weighted by Gasteiger charge is -2.21. The third kappa shape index (κ3) is 3.13. The number of carbonyl (C=O) groups excluding carboxylic acids is 1. The molecule has 25 heavy (non-hydrogen) atoms. The van der Waals surface area contributed by atoms with Gasteiger partial charge in [0.25, 0.3) is 11.5 Å². The van der Waals surface area contributed by atoms with Gasteiger partial charge in [-0.15, -0.1) is 0 Å². The number of hydrogen-bond donors (Lipinski definition) is 0. The van der Waals surface area contributed by atoms with Crippen molar-refractivity contribution in [1.82, 2.24) is 14.3 Å². The molecule has 0 saturated heterocycles. The van der Waals surface area contributed by atoms with Crippen LogP contribution in [0.2, 0.25) is 0 Å². The molecule has 3 rings (SSSR count). The second-order valence-corrected chi connectivity index (χ2v) is 5.43. The summed E-state index contributed by atoms with van der Waals surface area (Å²) in [6.07, 6.45) is 2.70. The molecule has 0 aliphatic rings. The number of fused-ring (bicyclic) bond motifs is 1. The molecule has 128 valence electrons. The van der Waals surface area contributed by atoms with Crippen molar-refractivity contribution in [2.24, 2.45) is 0 Å². The van der Waals surface area contributed by atoms with Crippen molar-refractivity contribution in [2.75, 3.05) is 6.54 Å². The monoisotopic (exact) mass is 343 g/mol. The Labute approximate surface area is 142 Å². The number of hydrogen-bond acceptors (Lipinski definition) is 3. The Hall–Kier alpha value is -3.09. The highest BCUT2D eigenvalue weighted by Crippen LogP contribution is 2.15. The molecular weight excluding hydrogens is 328 g/mol. The van der Waals surface area contributed by atoms with E-state index in [1.54, 1.807) is 25.1 Å². The molecule has 3 aromatic rings. The Morgan fingerprint density at radius 3 is 2.56 bits per heavy atom. The molecule has 0 unspecified atom stereocenters. The Morgan fingerprint density at radius 1 is 1.16 bits per heavy atom. The zero-order valence-corrected chi connectivity index (χ0v) is 13.4. The van der Waals surface area contributed by atoms with Gasteiger partial charge in [0.1, 0.15) is 22.8 Å². The number of carbonyl (C=O) groups is 1. The van der Waals surface area contributed by atoms with Crippen LogP contribution in [0.4, 0.5) is 8.78 Å². The van der Waals surface area contributed by atoms with Gasteiger partial charge in [0.2, 0.25) is 0 Å². The molecule has 0 N–H and O–H groups in total. The summed E-state index contributed by atoms with van der Waals surface area (Å²) in [5.41, 5.74) is -0.482. The van der Waals surface area contributed by atoms with E-state index in [0.29, 0.717) is 5.65 Å². The van der Waals surface area contributed by atoms with Gasteiger partial charge in [-0.25, -0.2) is 13.8 Å². The Balaban J connectivity index is 1.98. The molecule has 0 aliphatic heterocycles. The maximum atomic E-state index is 13.8. The predicted molar refractivity (Wildman–Crippen MR) is 88.2 cm³/mol. The Kier molecular flexibility index (Phi) is 4.56. The quantitative estimate of drug-likeness (QED) is 0.732. The first-order valence-corrected chi connectivity index (χ1v) is 7.71. The smallest absolute Gasteiger partial charge is 0.270 e. The molecule has 5 nitrogen and oxygen atoms in total. The van der Waals surface area contributed by atoms with Crippen molar-refractivity contribution in [3.8, 4) is 0 Å². The lowest BCUT2D eigenvalue weighted by atomic mass is 10.1. The van der Waals surface area contributed by atoms with Crippen LogP contribution in [0.3, 0.4) is 0 Å². The van der Waals surface area contributed by atoms with Gasteiger partial charge in [0.15, 0.2) is 0 Å². The van der Waals surface area contributed by atoms with E-state index < -0.39 is 23.1 Å². The van der Waals surface area contributed by atoms with Gasteiger partial charge in [0.05, 0.1) is 6.54 Å². The molecule has 1 aromatic carbocycles. The fraction of sp³-hybridized carbons (Fsp3) is 0.167. The number of rotatable bonds is 4. The lowest BCUT2D eigenvalue weighted by molar-refractivity contribution is 0.0747. The van der Waals surface area contributed by atoms with E-state index in [1.807, 2.05) is 0 Å². The number of nitrogens with zero attached hydrogens (tertiary/aromatic N) is 3. The SMILES string of the molecule is CCN(Cc1c(F)cccc1F)C(=O)c1cnc2ccccn2c1=O. The van der Waals surface area contributed by atoms with Crippen molar-refractivity contribution < 1.29 is 13.6 Å². The normalized spacial score (nSPS) is 10.8. The number of benzene rings is 1. The first kappa shape index (κ1) is 16.8. The third-order valence-corrected chi connectivity index (χ3v) is 3.92. The van der Waals surface area contributed by atoms with Crippen LogP contribution in [0, 0.1) is 11.6 Å². The van der Waals surface area contributed by atoms with Crippen LogP contribution < -0.4 is 5.56 Å². The summed E-state index contributed by atoms with van der Waals surface area (Å²) in [6.45, 7) is 1.58. The van der Waals surface area contributed by atoms with Crippen LogP contribution in [0.25, 0.3) is 5.65 Å². The third-order valence-electron chi connectivity index (χ3n) is 3.92. The minimum atomic E-state index is -0.736. The second-order valence-electron chi connectivity index (χ2n) is 5.43. The highest BCUT2D eigenvalue weighted by Gasteiger charge is 2.21. The van der Waals surface area contributed by atoms with Gasteiger partial charge >= 0.3 is 0 Å². The van der Waals surface area contributed by atoms with E-state index in [9.17, 15) is 18.4 Å². The van der Waals surface area contributed by atoms with Crippen LogP contribution in [0.15, 0.2) is 53.6 Å². The van der Waals surface area contributed by atoms with E-state index in [4.69, 9.17) is 0 Å². The molecule has 0 radical (unpaired) electrons. The topological polar surface area (TPSA) is 54.7 Å². The number of halogens is 2. The maximum Gasteiger partial charge on any atom is 0.270 e. The summed E-state index contributed by atoms with van der Waals surface area (Å²) in [5.74, 6) is -2.10. The van der Waals surface area contributed by atoms with Gasteiger partial charge in [-0.05, 0) is 31.2 Å². The van der Waals surface area contributed by atoms with Gasteiger partial charge < -0.3 is 4.90 Å². The van der Waals surface area contributed by atoms with E-state index in [2.05, 4.69) is 4.98 Å². The molecule has 0 aliphatic carbocycles. The van der Waals surface area contributed by atoms with Crippen molar-refractivity contribution in [2.45, 2.75) is 13.5 Å². The van der Waals surface area contributed by atoms with Crippen molar-refractivity contribution >= 4 is 11.6 Å². The van der Waals surface area contributed by atoms with Crippen LogP contribution in [-0.2, 0) is 6.54 Å². The molecule has 0 fully saturated rings. The van der Waals surface area contributed by atoms with Gasteiger partial charge in [-0.3, -0.25) is 14.0 Å². The molecule has 2 heterocycles. The van der Waals surface area contributed by atoms with Crippen molar-refractivity contribution in [1.29, 1.82) is 0 Å². The van der Waals surface area contributed by atoms with Gasteiger partial charge in [-0.2, -0.15) is 0 Å². The molecule has 2 aromatic heterocycles. The average Bonchev–Trinajstić information content (AvgIpc) is 2.62. The lowest BCUT2D eigenvalue weighted by Crippen LogP contribution is -2.36. The minimum absolute atomic E-state index is 0.151. The van der Waals surface area contributed by atoms with E-state index in [-0.39, 0.29) is 24.2 Å². The largest absolute Gasteiger partial charge is 0.334 e. The van der Waals surface area contributed by atoms with Crippen LogP contribution in [0.5, 0.6) is 0 Å². The Morgan fingerprint density at radius 2 is 1.88 bits per heavy atom. The summed E-state index contributed by atoms with van der Waals surface area (Å²) in [5, 5.41) is 0. The fourth-order valence-corrected chi connectivity index (χ4v) is 2.55. The van der Waals surface area contributed by atoms with Crippen LogP contribution in [-0.4, -0.2) is 26.7 Å². The van der Waals surface area contributed by atoms with Crippen LogP contribution >= 0.6 is 0 Å². The molecule has 7 heteroatoms. The molecule has 0 atom stereocenters. The molecule has 0 bridgehead atoms. The van der Waals surface area contributed by atoms with Gasteiger partial charge in [0, 0.05) is 24.5 Å². The van der Waals surface area contributed by atoms with E-state index in [0.717, 1.165) is 12.1 Å². The highest BCUT2D eigenvalue weighted by molar-refractivity contribution is 5.93. The number of pyridine rings is 1. The highest BCUT2D eigenvalue weighted by atomic mass is 19.1. The molecule has 0 spiro atoms. The van der Waals surface area contributed by atoms with Gasteiger partial charge in [-0.1, -0.05) is 12.1 Å². The fourth-order valence-electron chi connectivity index (χ4n) is 2.55. The first-order valence-electron chi connectivity index (χ1n) is 7.71. The predicted octanol–water partition coefficient (Wildman–Crippen LogP) is 2.64. The number of amides is 1. The van der Waals surface area contributed by atoms with E-state index >= 15 is 0 Å². The van der Waals surface area contributed by atoms with Crippen molar-refractivity contribution in [3.63, 3.8) is 0 Å². The zero-order chi connectivity index (χ0) is 18.0. The standard InChI is InChI=1S/C18H15F2N3O2/c1-2-22(11-13-14(19)6-5-7-15(13)20)17(24)12-10-21-16-8-3-4-9-23(16)18(12)25/h3-10H,2,11H2,1H3. The van der Waals surface area contributed by atoms with E-state index in [1.165, 1.54) is 27.8 Å². The van der Waals surface area contributed by atoms with Crippen molar-refractivity contribution in [3.05, 3.63) is 81.9 Å². The molecule has 1 amide bonds. The van der Waals surface area contributed by atoms with Crippen LogP contribution in [0.1, 0.15) is 22.8 Å². The zero-order valence-electron chi connectivity index (χ0n) is 13.4. The summed E-state index contributed by atoms with van der Waals surface area (Å²) >= 11 is 0. The maximum absolute atomic E-state index is 13.8. The minimum Gasteiger partial charge on any atom is -0.334 e. The molecular formula is C18H15F2N3O2. The average molecular weight is 343 g/mol. The Bertz CT molecular complexity index is 981. The summed E-state index contributed by atoms with van der Waals surface area (Å²) in [7, 11) is 0. The number of aromatic nitrogens is 2. The summed E-state index contributed by atoms with van der Waals surface area (Å²) < 4.78 is 28.9. The summed E-state index contributed by atoms with van der Waals surface area (Å²) in [6, 6.07) is 8.53. The molecule has 0 saturated carbocycles. The summed E-state index contributed by atoms with van der Waals surface area (Å²) in [4.78, 5) is 30.5. The first-order chi connectivity index (χ1) is 12.0. The second kappa shape index (κ2) is 6.80.